The van der Waals surface area contributed by atoms with Crippen molar-refractivity contribution in [3.8, 4) is 0 Å². The standard InChI is InChI=1S/C10H16.2C7H14O2/c1-2-9-7-4-5-8(6-7)10(9)3-1;2*1-4-6(3)7(8)9-5-2/h7-10H,1-6H2;2*6H,4-5H2,1-3H3. The van der Waals surface area contributed by atoms with Gasteiger partial charge in [-0.1, -0.05) is 34.1 Å². The summed E-state index contributed by atoms with van der Waals surface area (Å²) < 4.78 is 9.51. The molecule has 0 aromatic carbocycles. The van der Waals surface area contributed by atoms with Gasteiger partial charge < -0.3 is 9.47 Å². The lowest BCUT2D eigenvalue weighted by molar-refractivity contribution is -0.148. The smallest absolute Gasteiger partial charge is 0.308 e. The van der Waals surface area contributed by atoms with Gasteiger partial charge in [0.2, 0.25) is 0 Å². The SMILES string of the molecule is C1CC2C3CCC(C3)C2C1.CCOC(=O)C(C)CC.CCOC(=O)C(C)CC. The molecular formula is C24H44O4. The van der Waals surface area contributed by atoms with E-state index >= 15 is 0 Å². The van der Waals surface area contributed by atoms with Crippen molar-refractivity contribution in [3.05, 3.63) is 0 Å². The Hall–Kier alpha value is -1.06. The van der Waals surface area contributed by atoms with E-state index in [9.17, 15) is 9.59 Å². The summed E-state index contributed by atoms with van der Waals surface area (Å²) in [4.78, 5) is 21.5. The maximum atomic E-state index is 10.8. The lowest BCUT2D eigenvalue weighted by atomic mass is 9.82. The van der Waals surface area contributed by atoms with Crippen LogP contribution in [0, 0.1) is 35.5 Å². The second-order valence-corrected chi connectivity index (χ2v) is 8.71. The van der Waals surface area contributed by atoms with Crippen molar-refractivity contribution in [3.63, 3.8) is 0 Å². The molecule has 3 fully saturated rings. The van der Waals surface area contributed by atoms with E-state index in [0.717, 1.165) is 12.8 Å². The number of hydrogen-bond acceptors (Lipinski definition) is 4. The third-order valence-corrected chi connectivity index (χ3v) is 6.95. The van der Waals surface area contributed by atoms with Crippen LogP contribution in [0.2, 0.25) is 0 Å². The Morgan fingerprint density at radius 3 is 1.46 bits per heavy atom. The largest absolute Gasteiger partial charge is 0.466 e. The van der Waals surface area contributed by atoms with Gasteiger partial charge in [-0.25, -0.2) is 0 Å². The van der Waals surface area contributed by atoms with E-state index in [2.05, 4.69) is 0 Å². The molecule has 3 rings (SSSR count). The Morgan fingerprint density at radius 1 is 0.750 bits per heavy atom. The summed E-state index contributed by atoms with van der Waals surface area (Å²) in [5, 5.41) is 0. The zero-order chi connectivity index (χ0) is 21.1. The minimum atomic E-state index is -0.0833. The lowest BCUT2D eigenvalue weighted by Gasteiger charge is -2.23. The summed E-state index contributed by atoms with van der Waals surface area (Å²) in [6.45, 7) is 12.3. The molecule has 164 valence electrons. The molecule has 3 aliphatic carbocycles. The van der Waals surface area contributed by atoms with Crippen LogP contribution < -0.4 is 0 Å². The second kappa shape index (κ2) is 13.2. The fourth-order valence-corrected chi connectivity index (χ4v) is 4.92. The van der Waals surface area contributed by atoms with Gasteiger partial charge in [0.25, 0.3) is 0 Å². The molecule has 6 unspecified atom stereocenters. The number of fused-ring (bicyclic) bond motifs is 5. The molecule has 2 bridgehead atoms. The van der Waals surface area contributed by atoms with E-state index in [1.807, 2.05) is 41.5 Å². The first-order valence-corrected chi connectivity index (χ1v) is 11.7. The molecule has 0 amide bonds. The van der Waals surface area contributed by atoms with Crippen LogP contribution in [-0.4, -0.2) is 25.2 Å². The number of ether oxygens (including phenoxy) is 2. The molecule has 0 aromatic rings. The molecule has 3 saturated carbocycles. The van der Waals surface area contributed by atoms with Gasteiger partial charge in [0.05, 0.1) is 25.0 Å². The van der Waals surface area contributed by atoms with Crippen molar-refractivity contribution in [2.24, 2.45) is 35.5 Å². The molecule has 0 aromatic heterocycles. The predicted molar refractivity (Wildman–Crippen MR) is 114 cm³/mol. The maximum absolute atomic E-state index is 10.8. The molecule has 0 N–H and O–H groups in total. The van der Waals surface area contributed by atoms with Crippen molar-refractivity contribution in [2.45, 2.75) is 92.9 Å². The fourth-order valence-electron chi connectivity index (χ4n) is 4.92. The highest BCUT2D eigenvalue weighted by atomic mass is 16.5. The van der Waals surface area contributed by atoms with Crippen LogP contribution in [0.4, 0.5) is 0 Å². The van der Waals surface area contributed by atoms with Crippen molar-refractivity contribution >= 4 is 11.9 Å². The summed E-state index contributed by atoms with van der Waals surface area (Å²) in [6.07, 6.45) is 11.3. The fraction of sp³-hybridized carbons (Fsp3) is 0.917. The van der Waals surface area contributed by atoms with Gasteiger partial charge in [0, 0.05) is 0 Å². The zero-order valence-electron chi connectivity index (χ0n) is 19.2. The van der Waals surface area contributed by atoms with Crippen LogP contribution in [0.25, 0.3) is 0 Å². The van der Waals surface area contributed by atoms with Crippen LogP contribution >= 0.6 is 0 Å². The Kier molecular flexibility index (Phi) is 11.8. The molecule has 0 radical (unpaired) electrons. The predicted octanol–water partition coefficient (Wildman–Crippen LogP) is 6.02. The van der Waals surface area contributed by atoms with Crippen molar-refractivity contribution < 1.29 is 19.1 Å². The monoisotopic (exact) mass is 396 g/mol. The lowest BCUT2D eigenvalue weighted by Crippen LogP contribution is -2.15. The van der Waals surface area contributed by atoms with Crippen molar-refractivity contribution in [1.29, 1.82) is 0 Å². The average molecular weight is 397 g/mol. The molecule has 28 heavy (non-hydrogen) atoms. The van der Waals surface area contributed by atoms with Gasteiger partial charge in [-0.2, -0.15) is 0 Å². The molecule has 6 atom stereocenters. The third-order valence-electron chi connectivity index (χ3n) is 6.95. The first-order valence-electron chi connectivity index (χ1n) is 11.7. The van der Waals surface area contributed by atoms with Crippen LogP contribution in [0.15, 0.2) is 0 Å². The molecule has 0 heterocycles. The molecule has 3 aliphatic rings. The van der Waals surface area contributed by atoms with Gasteiger partial charge in [-0.05, 0) is 82.5 Å². The number of carbonyl (C=O) groups excluding carboxylic acids is 2. The van der Waals surface area contributed by atoms with Crippen LogP contribution in [0.3, 0.4) is 0 Å². The quantitative estimate of drug-likeness (QED) is 0.515. The highest BCUT2D eigenvalue weighted by molar-refractivity contribution is 5.72. The molecule has 0 saturated heterocycles. The Labute approximate surface area is 173 Å². The summed E-state index contributed by atoms with van der Waals surface area (Å²) in [6, 6.07) is 0. The molecule has 0 spiro atoms. The number of esters is 2. The van der Waals surface area contributed by atoms with E-state index in [4.69, 9.17) is 9.47 Å². The van der Waals surface area contributed by atoms with Gasteiger partial charge in [-0.3, -0.25) is 9.59 Å². The van der Waals surface area contributed by atoms with E-state index in [0.29, 0.717) is 13.2 Å². The molecule has 4 nitrogen and oxygen atoms in total. The Bertz CT molecular complexity index is 422. The van der Waals surface area contributed by atoms with Gasteiger partial charge in [0.1, 0.15) is 0 Å². The van der Waals surface area contributed by atoms with Crippen LogP contribution in [0.1, 0.15) is 92.9 Å². The minimum absolute atomic E-state index is 0.0601. The number of hydrogen-bond donors (Lipinski definition) is 0. The second-order valence-electron chi connectivity index (χ2n) is 8.71. The van der Waals surface area contributed by atoms with Gasteiger partial charge in [0.15, 0.2) is 0 Å². The summed E-state index contributed by atoms with van der Waals surface area (Å²) in [7, 11) is 0. The molecule has 0 aliphatic heterocycles. The van der Waals surface area contributed by atoms with Crippen molar-refractivity contribution in [1.82, 2.24) is 0 Å². The normalized spacial score (nSPS) is 28.8. The zero-order valence-corrected chi connectivity index (χ0v) is 19.2. The number of rotatable bonds is 6. The highest BCUT2D eigenvalue weighted by Crippen LogP contribution is 2.58. The van der Waals surface area contributed by atoms with E-state index in [1.54, 1.807) is 38.5 Å². The molecular weight excluding hydrogens is 352 g/mol. The average Bonchev–Trinajstić information content (AvgIpc) is 3.42. The first-order chi connectivity index (χ1) is 13.4. The van der Waals surface area contributed by atoms with E-state index in [1.165, 1.54) is 23.7 Å². The summed E-state index contributed by atoms with van der Waals surface area (Å²) in [5.74, 6) is 4.75. The molecule has 4 heteroatoms. The minimum Gasteiger partial charge on any atom is -0.466 e. The topological polar surface area (TPSA) is 52.6 Å². The summed E-state index contributed by atoms with van der Waals surface area (Å²) in [5.41, 5.74) is 0. The van der Waals surface area contributed by atoms with Crippen molar-refractivity contribution in [2.75, 3.05) is 13.2 Å². The highest BCUT2D eigenvalue weighted by Gasteiger charge is 2.48. The van der Waals surface area contributed by atoms with Crippen LogP contribution in [-0.2, 0) is 19.1 Å². The van der Waals surface area contributed by atoms with Gasteiger partial charge in [-0.15, -0.1) is 0 Å². The van der Waals surface area contributed by atoms with Gasteiger partial charge >= 0.3 is 11.9 Å². The van der Waals surface area contributed by atoms with E-state index in [-0.39, 0.29) is 23.8 Å². The number of carbonyl (C=O) groups is 2. The Balaban J connectivity index is 0.000000211. The van der Waals surface area contributed by atoms with E-state index < -0.39 is 0 Å². The Morgan fingerprint density at radius 2 is 1.14 bits per heavy atom. The maximum Gasteiger partial charge on any atom is 0.308 e. The van der Waals surface area contributed by atoms with Crippen LogP contribution in [0.5, 0.6) is 0 Å². The summed E-state index contributed by atoms with van der Waals surface area (Å²) >= 11 is 0. The third kappa shape index (κ3) is 7.40. The first kappa shape index (κ1) is 25.0.